The van der Waals surface area contributed by atoms with Crippen molar-refractivity contribution in [3.05, 3.63) is 35.9 Å². The minimum atomic E-state index is -0.632. The molecular formula is C23H33N3O5. The molecule has 1 aromatic rings. The molecule has 0 spiro atoms. The lowest BCUT2D eigenvalue weighted by molar-refractivity contribution is -0.138. The molecule has 1 saturated heterocycles. The van der Waals surface area contributed by atoms with Crippen LogP contribution >= 0.6 is 0 Å². The maximum Gasteiger partial charge on any atom is 0.244 e. The van der Waals surface area contributed by atoms with Crippen molar-refractivity contribution >= 4 is 23.8 Å². The predicted octanol–water partition coefficient (Wildman–Crippen LogP) is 1.60. The summed E-state index contributed by atoms with van der Waals surface area (Å²) in [7, 11) is 3.23. The van der Waals surface area contributed by atoms with Gasteiger partial charge in [0.25, 0.3) is 0 Å². The normalized spacial score (nSPS) is 15.5. The van der Waals surface area contributed by atoms with Gasteiger partial charge in [0.1, 0.15) is 11.8 Å². The Morgan fingerprint density at radius 3 is 2.45 bits per heavy atom. The van der Waals surface area contributed by atoms with Crippen LogP contribution in [-0.4, -0.2) is 69.1 Å². The third-order valence-corrected chi connectivity index (χ3v) is 5.27. The van der Waals surface area contributed by atoms with Crippen LogP contribution in [0.1, 0.15) is 31.7 Å². The number of benzene rings is 1. The van der Waals surface area contributed by atoms with Crippen LogP contribution in [0.25, 0.3) is 6.08 Å². The van der Waals surface area contributed by atoms with Crippen LogP contribution in [0.15, 0.2) is 30.3 Å². The van der Waals surface area contributed by atoms with E-state index < -0.39 is 6.04 Å². The monoisotopic (exact) mass is 431 g/mol. The molecule has 1 aromatic carbocycles. The van der Waals surface area contributed by atoms with Crippen LogP contribution in [-0.2, 0) is 19.1 Å². The Morgan fingerprint density at radius 1 is 1.16 bits per heavy atom. The van der Waals surface area contributed by atoms with Crippen LogP contribution in [0.3, 0.4) is 0 Å². The summed E-state index contributed by atoms with van der Waals surface area (Å²) in [6.07, 6.45) is 5.12. The van der Waals surface area contributed by atoms with Crippen LogP contribution in [0.4, 0.5) is 0 Å². The number of ether oxygens (including phenoxy) is 2. The maximum absolute atomic E-state index is 12.7. The summed E-state index contributed by atoms with van der Waals surface area (Å²) in [5.41, 5.74) is 0.859. The lowest BCUT2D eigenvalue weighted by Gasteiger charge is -2.33. The Balaban J connectivity index is 1.74. The molecule has 0 aromatic heterocycles. The molecule has 2 N–H and O–H groups in total. The van der Waals surface area contributed by atoms with E-state index in [0.717, 1.165) is 17.7 Å². The fourth-order valence-electron chi connectivity index (χ4n) is 3.42. The summed E-state index contributed by atoms with van der Waals surface area (Å²) >= 11 is 0. The number of rotatable bonds is 10. The zero-order chi connectivity index (χ0) is 22.6. The van der Waals surface area contributed by atoms with Crippen LogP contribution in [0.5, 0.6) is 5.75 Å². The first-order valence-electron chi connectivity index (χ1n) is 10.6. The molecule has 0 bridgehead atoms. The minimum absolute atomic E-state index is 0.0354. The summed E-state index contributed by atoms with van der Waals surface area (Å²) in [5.74, 6) is 0.234. The smallest absolute Gasteiger partial charge is 0.244 e. The third kappa shape index (κ3) is 8.05. The first-order valence-corrected chi connectivity index (χ1v) is 10.6. The maximum atomic E-state index is 12.7. The van der Waals surface area contributed by atoms with Gasteiger partial charge in [-0.2, -0.15) is 0 Å². The van der Waals surface area contributed by atoms with Crippen molar-refractivity contribution in [3.63, 3.8) is 0 Å². The highest BCUT2D eigenvalue weighted by Gasteiger charge is 2.29. The average molecular weight is 432 g/mol. The second-order valence-electron chi connectivity index (χ2n) is 7.57. The number of methoxy groups -OCH3 is 2. The van der Waals surface area contributed by atoms with E-state index in [-0.39, 0.29) is 23.6 Å². The van der Waals surface area contributed by atoms with Crippen molar-refractivity contribution in [3.8, 4) is 5.75 Å². The Morgan fingerprint density at radius 2 is 1.84 bits per heavy atom. The SMILES string of the molecule is COCCCNC(=O)C1CCN(C(=O)C(C)NC(=O)C=Cc2ccc(OC)cc2)CC1. The highest BCUT2D eigenvalue weighted by molar-refractivity contribution is 5.95. The number of piperidine rings is 1. The number of nitrogens with one attached hydrogen (secondary N) is 2. The first kappa shape index (κ1) is 24.4. The molecule has 1 unspecified atom stereocenters. The highest BCUT2D eigenvalue weighted by Crippen LogP contribution is 2.18. The number of amides is 3. The number of carbonyl (C=O) groups excluding carboxylic acids is 3. The molecule has 8 nitrogen and oxygen atoms in total. The summed E-state index contributed by atoms with van der Waals surface area (Å²) in [4.78, 5) is 38.8. The molecule has 0 aliphatic carbocycles. The first-order chi connectivity index (χ1) is 14.9. The third-order valence-electron chi connectivity index (χ3n) is 5.27. The molecule has 1 atom stereocenters. The number of carbonyl (C=O) groups is 3. The van der Waals surface area contributed by atoms with Gasteiger partial charge >= 0.3 is 0 Å². The van der Waals surface area contributed by atoms with Crippen molar-refractivity contribution < 1.29 is 23.9 Å². The predicted molar refractivity (Wildman–Crippen MR) is 118 cm³/mol. The highest BCUT2D eigenvalue weighted by atomic mass is 16.5. The molecule has 8 heteroatoms. The molecule has 3 amide bonds. The van der Waals surface area contributed by atoms with Crippen molar-refractivity contribution in [2.24, 2.45) is 5.92 Å². The van der Waals surface area contributed by atoms with E-state index in [9.17, 15) is 14.4 Å². The molecule has 1 aliphatic heterocycles. The van der Waals surface area contributed by atoms with Gasteiger partial charge in [-0.3, -0.25) is 14.4 Å². The molecule has 1 fully saturated rings. The molecule has 170 valence electrons. The van der Waals surface area contributed by atoms with E-state index in [4.69, 9.17) is 9.47 Å². The standard InChI is InChI=1S/C23H33N3O5/c1-17(25-21(27)10-7-18-5-8-20(31-3)9-6-18)23(29)26-14-11-19(12-15-26)22(28)24-13-4-16-30-2/h5-10,17,19H,4,11-16H2,1-3H3,(H,24,28)(H,25,27). The van der Waals surface area contributed by atoms with E-state index in [1.807, 2.05) is 24.3 Å². The van der Waals surface area contributed by atoms with E-state index in [0.29, 0.717) is 39.1 Å². The average Bonchev–Trinajstić information content (AvgIpc) is 2.80. The van der Waals surface area contributed by atoms with Gasteiger partial charge in [0.15, 0.2) is 0 Å². The largest absolute Gasteiger partial charge is 0.497 e. The number of hydrogen-bond donors (Lipinski definition) is 2. The molecular weight excluding hydrogens is 398 g/mol. The zero-order valence-electron chi connectivity index (χ0n) is 18.6. The summed E-state index contributed by atoms with van der Waals surface area (Å²) in [6.45, 7) is 3.91. The molecule has 31 heavy (non-hydrogen) atoms. The second kappa shape index (κ2) is 12.7. The Labute approximate surface area is 184 Å². The summed E-state index contributed by atoms with van der Waals surface area (Å²) in [6, 6.07) is 6.68. The topological polar surface area (TPSA) is 97.0 Å². The van der Waals surface area contributed by atoms with Gasteiger partial charge in [-0.1, -0.05) is 12.1 Å². The molecule has 0 saturated carbocycles. The van der Waals surface area contributed by atoms with Crippen molar-refractivity contribution in [2.75, 3.05) is 40.5 Å². The van der Waals surface area contributed by atoms with E-state index in [2.05, 4.69) is 10.6 Å². The summed E-state index contributed by atoms with van der Waals surface area (Å²) < 4.78 is 10.1. The van der Waals surface area contributed by atoms with E-state index in [1.165, 1.54) is 6.08 Å². The van der Waals surface area contributed by atoms with Gasteiger partial charge < -0.3 is 25.0 Å². The van der Waals surface area contributed by atoms with Gasteiger partial charge in [0.05, 0.1) is 7.11 Å². The van der Waals surface area contributed by atoms with Crippen LogP contribution in [0, 0.1) is 5.92 Å². The zero-order valence-corrected chi connectivity index (χ0v) is 18.6. The van der Waals surface area contributed by atoms with Gasteiger partial charge in [-0.15, -0.1) is 0 Å². The number of likely N-dealkylation sites (tertiary alicyclic amines) is 1. The molecule has 0 radical (unpaired) electrons. The van der Waals surface area contributed by atoms with Gasteiger partial charge in [0, 0.05) is 45.3 Å². The van der Waals surface area contributed by atoms with E-state index >= 15 is 0 Å². The lowest BCUT2D eigenvalue weighted by Crippen LogP contribution is -2.50. The summed E-state index contributed by atoms with van der Waals surface area (Å²) in [5, 5.41) is 5.63. The van der Waals surface area contributed by atoms with Crippen molar-refractivity contribution in [1.29, 1.82) is 0 Å². The minimum Gasteiger partial charge on any atom is -0.497 e. The lowest BCUT2D eigenvalue weighted by atomic mass is 9.95. The van der Waals surface area contributed by atoms with Gasteiger partial charge in [0.2, 0.25) is 17.7 Å². The Bertz CT molecular complexity index is 755. The van der Waals surface area contributed by atoms with E-state index in [1.54, 1.807) is 32.1 Å². The second-order valence-corrected chi connectivity index (χ2v) is 7.57. The molecule has 1 aliphatic rings. The van der Waals surface area contributed by atoms with Crippen molar-refractivity contribution in [2.45, 2.75) is 32.2 Å². The van der Waals surface area contributed by atoms with Gasteiger partial charge in [-0.25, -0.2) is 0 Å². The van der Waals surface area contributed by atoms with Crippen LogP contribution < -0.4 is 15.4 Å². The fraction of sp³-hybridized carbons (Fsp3) is 0.522. The fourth-order valence-corrected chi connectivity index (χ4v) is 3.42. The van der Waals surface area contributed by atoms with Crippen LogP contribution in [0.2, 0.25) is 0 Å². The molecule has 2 rings (SSSR count). The Hall–Kier alpha value is -2.87. The number of nitrogens with zero attached hydrogens (tertiary/aromatic N) is 1. The number of hydrogen-bond acceptors (Lipinski definition) is 5. The van der Waals surface area contributed by atoms with Gasteiger partial charge in [-0.05, 0) is 50.0 Å². The molecule has 1 heterocycles. The quantitative estimate of drug-likeness (QED) is 0.433. The Kier molecular flexibility index (Phi) is 10.0. The van der Waals surface area contributed by atoms with Crippen molar-refractivity contribution in [1.82, 2.24) is 15.5 Å².